The molecule has 2 fully saturated rings. The molecular weight excluding hydrogens is 314 g/mol. The van der Waals surface area contributed by atoms with E-state index < -0.39 is 26.6 Å². The Bertz CT molecular complexity index is 722. The lowest BCUT2D eigenvalue weighted by molar-refractivity contribution is 0.0554. The van der Waals surface area contributed by atoms with Gasteiger partial charge in [-0.25, -0.2) is 17.2 Å². The second-order valence-corrected chi connectivity index (χ2v) is 7.37. The number of rotatable bonds is 2. The molecule has 1 aromatic carbocycles. The van der Waals surface area contributed by atoms with E-state index in [-0.39, 0.29) is 30.7 Å². The van der Waals surface area contributed by atoms with Crippen LogP contribution in [-0.4, -0.2) is 38.5 Å². The minimum Gasteiger partial charge on any atom is -0.378 e. The van der Waals surface area contributed by atoms with Crippen LogP contribution in [-0.2, 0) is 14.8 Å². The van der Waals surface area contributed by atoms with Gasteiger partial charge in [-0.05, 0) is 25.0 Å². The number of hydrogen-bond acceptors (Lipinski definition) is 4. The molecule has 2 saturated heterocycles. The fourth-order valence-electron chi connectivity index (χ4n) is 3.06. The molecule has 8 heteroatoms. The lowest BCUT2D eigenvalue weighted by atomic mass is 9.96. The van der Waals surface area contributed by atoms with Crippen molar-refractivity contribution in [2.45, 2.75) is 23.8 Å². The van der Waals surface area contributed by atoms with Crippen molar-refractivity contribution in [3.63, 3.8) is 0 Å². The maximum Gasteiger partial charge on any atom is 0.248 e. The van der Waals surface area contributed by atoms with Crippen LogP contribution in [0.25, 0.3) is 0 Å². The fourth-order valence-corrected chi connectivity index (χ4v) is 4.67. The van der Waals surface area contributed by atoms with Gasteiger partial charge in [-0.1, -0.05) is 0 Å². The average Bonchev–Trinajstić information content (AvgIpc) is 2.93. The summed E-state index contributed by atoms with van der Waals surface area (Å²) in [6, 6.07) is 3.07. The van der Waals surface area contributed by atoms with Crippen LogP contribution < -0.4 is 0 Å². The minimum atomic E-state index is -4.27. The number of piperidine rings is 1. The van der Waals surface area contributed by atoms with Crippen LogP contribution in [0.3, 0.4) is 0 Å². The van der Waals surface area contributed by atoms with Crippen molar-refractivity contribution in [3.8, 4) is 6.07 Å². The molecule has 0 aromatic heterocycles. The zero-order chi connectivity index (χ0) is 15.9. The van der Waals surface area contributed by atoms with Crippen LogP contribution in [0.1, 0.15) is 18.4 Å². The van der Waals surface area contributed by atoms with Gasteiger partial charge >= 0.3 is 0 Å². The highest BCUT2D eigenvalue weighted by Crippen LogP contribution is 2.33. The van der Waals surface area contributed by atoms with Gasteiger partial charge in [-0.2, -0.15) is 9.57 Å². The van der Waals surface area contributed by atoms with Crippen LogP contribution in [0.5, 0.6) is 0 Å². The van der Waals surface area contributed by atoms with Gasteiger partial charge in [-0.15, -0.1) is 0 Å². The van der Waals surface area contributed by atoms with Crippen LogP contribution in [0, 0.1) is 28.9 Å². The highest BCUT2D eigenvalue weighted by atomic mass is 32.2. The van der Waals surface area contributed by atoms with E-state index in [2.05, 4.69) is 0 Å². The summed E-state index contributed by atoms with van der Waals surface area (Å²) in [7, 11) is -4.27. The molecule has 1 aromatic rings. The van der Waals surface area contributed by atoms with Crippen LogP contribution in [0.2, 0.25) is 0 Å². The summed E-state index contributed by atoms with van der Waals surface area (Å²) in [5, 5.41) is 8.67. The number of halogens is 2. The highest BCUT2D eigenvalue weighted by Gasteiger charge is 2.40. The van der Waals surface area contributed by atoms with E-state index in [1.54, 1.807) is 6.07 Å². The first-order chi connectivity index (χ1) is 10.4. The summed E-state index contributed by atoms with van der Waals surface area (Å²) in [5.74, 6) is -2.41. The topological polar surface area (TPSA) is 70.4 Å². The van der Waals surface area contributed by atoms with E-state index >= 15 is 0 Å². The van der Waals surface area contributed by atoms with Crippen LogP contribution in [0.15, 0.2) is 17.0 Å². The predicted molar refractivity (Wildman–Crippen MR) is 72.3 cm³/mol. The second kappa shape index (κ2) is 5.57. The number of fused-ring (bicyclic) bond motifs is 1. The number of hydrogen-bond donors (Lipinski definition) is 0. The maximum absolute atomic E-state index is 14.0. The predicted octanol–water partition coefficient (Wildman–Crippen LogP) is 1.64. The van der Waals surface area contributed by atoms with Gasteiger partial charge in [0.05, 0.1) is 17.7 Å². The van der Waals surface area contributed by atoms with E-state index in [0.29, 0.717) is 13.0 Å². The van der Waals surface area contributed by atoms with Gasteiger partial charge in [0.1, 0.15) is 11.6 Å². The molecule has 0 saturated carbocycles. The Labute approximate surface area is 127 Å². The van der Waals surface area contributed by atoms with Gasteiger partial charge < -0.3 is 4.74 Å². The molecule has 2 aliphatic rings. The number of sulfonamides is 1. The van der Waals surface area contributed by atoms with Crippen molar-refractivity contribution < 1.29 is 21.9 Å². The average molecular weight is 328 g/mol. The summed E-state index contributed by atoms with van der Waals surface area (Å²) >= 11 is 0. The molecule has 0 bridgehead atoms. The summed E-state index contributed by atoms with van der Waals surface area (Å²) in [6.45, 7) is 0.955. The van der Waals surface area contributed by atoms with Crippen molar-refractivity contribution in [1.29, 1.82) is 5.26 Å². The molecule has 118 valence electrons. The Morgan fingerprint density at radius 1 is 1.27 bits per heavy atom. The first kappa shape index (κ1) is 15.3. The van der Waals surface area contributed by atoms with E-state index in [4.69, 9.17) is 10.00 Å². The van der Waals surface area contributed by atoms with Crippen molar-refractivity contribution in [3.05, 3.63) is 29.3 Å². The molecular formula is C14H14F2N2O3S. The summed E-state index contributed by atoms with van der Waals surface area (Å²) < 4.78 is 59.7. The third kappa shape index (κ3) is 2.49. The molecule has 2 aliphatic heterocycles. The SMILES string of the molecule is N#Cc1cc(F)c(S(=O)(=O)N2CC[C@H]3OCC[C@H]3C2)c(F)c1. The van der Waals surface area contributed by atoms with Crippen LogP contribution >= 0.6 is 0 Å². The van der Waals surface area contributed by atoms with E-state index in [9.17, 15) is 17.2 Å². The molecule has 0 unspecified atom stereocenters. The Balaban J connectivity index is 1.95. The molecule has 0 spiro atoms. The Kier molecular flexibility index (Phi) is 3.89. The van der Waals surface area contributed by atoms with Gasteiger partial charge in [0.25, 0.3) is 0 Å². The van der Waals surface area contributed by atoms with E-state index in [0.717, 1.165) is 22.9 Å². The largest absolute Gasteiger partial charge is 0.378 e. The monoisotopic (exact) mass is 328 g/mol. The minimum absolute atomic E-state index is 0.0297. The maximum atomic E-state index is 14.0. The normalized spacial score (nSPS) is 25.7. The Morgan fingerprint density at radius 2 is 1.95 bits per heavy atom. The van der Waals surface area contributed by atoms with Crippen molar-refractivity contribution in [2.24, 2.45) is 5.92 Å². The second-order valence-electron chi connectivity index (χ2n) is 5.49. The van der Waals surface area contributed by atoms with Crippen LogP contribution in [0.4, 0.5) is 8.78 Å². The van der Waals surface area contributed by atoms with Gasteiger partial charge in [-0.3, -0.25) is 0 Å². The summed E-state index contributed by atoms with van der Waals surface area (Å²) in [4.78, 5) is -0.983. The lowest BCUT2D eigenvalue weighted by Gasteiger charge is -2.33. The summed E-state index contributed by atoms with van der Waals surface area (Å²) in [6.07, 6.45) is 1.29. The smallest absolute Gasteiger partial charge is 0.248 e. The summed E-state index contributed by atoms with van der Waals surface area (Å²) in [5.41, 5.74) is -0.253. The Hall–Kier alpha value is -1.56. The van der Waals surface area contributed by atoms with Crippen molar-refractivity contribution >= 4 is 10.0 Å². The molecule has 0 aliphatic carbocycles. The van der Waals surface area contributed by atoms with Crippen molar-refractivity contribution in [1.82, 2.24) is 4.31 Å². The van der Waals surface area contributed by atoms with Crippen molar-refractivity contribution in [2.75, 3.05) is 19.7 Å². The fraction of sp³-hybridized carbons (Fsp3) is 0.500. The third-order valence-corrected chi connectivity index (χ3v) is 6.09. The molecule has 2 atom stereocenters. The van der Waals surface area contributed by atoms with Gasteiger partial charge in [0.2, 0.25) is 10.0 Å². The van der Waals surface area contributed by atoms with Gasteiger partial charge in [0, 0.05) is 25.6 Å². The third-order valence-electron chi connectivity index (χ3n) is 4.17. The van der Waals surface area contributed by atoms with Gasteiger partial charge in [0.15, 0.2) is 4.90 Å². The molecule has 2 heterocycles. The molecule has 3 rings (SSSR count). The molecule has 0 amide bonds. The molecule has 0 N–H and O–H groups in total. The molecule has 0 radical (unpaired) electrons. The number of nitrogens with zero attached hydrogens (tertiary/aromatic N) is 2. The highest BCUT2D eigenvalue weighted by molar-refractivity contribution is 7.89. The quantitative estimate of drug-likeness (QED) is 0.827. The first-order valence-corrected chi connectivity index (χ1v) is 8.38. The standard InChI is InChI=1S/C14H14F2N2O3S/c15-11-5-9(7-17)6-12(16)14(11)22(19,20)18-3-1-13-10(8-18)2-4-21-13/h5-6,10,13H,1-4,8H2/t10-,13+/m0/s1. The zero-order valence-electron chi connectivity index (χ0n) is 11.6. The number of benzene rings is 1. The van der Waals surface area contributed by atoms with E-state index in [1.165, 1.54) is 0 Å². The number of nitriles is 1. The zero-order valence-corrected chi connectivity index (χ0v) is 12.4. The number of ether oxygens (including phenoxy) is 1. The lowest BCUT2D eigenvalue weighted by Crippen LogP contribution is -2.44. The molecule has 5 nitrogen and oxygen atoms in total. The molecule has 22 heavy (non-hydrogen) atoms. The Morgan fingerprint density at radius 3 is 2.59 bits per heavy atom. The van der Waals surface area contributed by atoms with E-state index in [1.807, 2.05) is 0 Å². The first-order valence-electron chi connectivity index (χ1n) is 6.94.